The Morgan fingerprint density at radius 3 is 2.62 bits per heavy atom. The number of nitrogens with zero attached hydrogens (tertiary/aromatic N) is 2. The van der Waals surface area contributed by atoms with Gasteiger partial charge in [0.05, 0.1) is 12.4 Å². The van der Waals surface area contributed by atoms with Gasteiger partial charge in [-0.15, -0.1) is 0 Å². The SMILES string of the molecule is Cc1ccccc1C1CC(Nc2cnc(C(=O)O)cn2)C1. The molecule has 1 aromatic heterocycles. The average molecular weight is 283 g/mol. The largest absolute Gasteiger partial charge is 0.476 e. The molecule has 1 fully saturated rings. The number of rotatable bonds is 4. The molecule has 0 aliphatic heterocycles. The molecule has 108 valence electrons. The zero-order valence-corrected chi connectivity index (χ0v) is 11.8. The van der Waals surface area contributed by atoms with E-state index in [2.05, 4.69) is 46.5 Å². The maximum Gasteiger partial charge on any atom is 0.356 e. The quantitative estimate of drug-likeness (QED) is 0.902. The molecule has 5 heteroatoms. The summed E-state index contributed by atoms with van der Waals surface area (Å²) in [5.74, 6) is 0.167. The first-order chi connectivity index (χ1) is 10.1. The number of anilines is 1. The van der Waals surface area contributed by atoms with E-state index >= 15 is 0 Å². The van der Waals surface area contributed by atoms with Crippen LogP contribution in [0, 0.1) is 6.92 Å². The molecule has 0 amide bonds. The number of carboxylic acids is 1. The molecule has 21 heavy (non-hydrogen) atoms. The molecule has 1 aliphatic rings. The van der Waals surface area contributed by atoms with Gasteiger partial charge in [0.2, 0.25) is 0 Å². The normalized spacial score (nSPS) is 20.6. The minimum atomic E-state index is -1.06. The van der Waals surface area contributed by atoms with Crippen LogP contribution in [-0.4, -0.2) is 27.1 Å². The first-order valence-electron chi connectivity index (χ1n) is 7.01. The summed E-state index contributed by atoms with van der Waals surface area (Å²) >= 11 is 0. The lowest BCUT2D eigenvalue weighted by Gasteiger charge is -2.37. The predicted octanol–water partition coefficient (Wildman–Crippen LogP) is 2.84. The molecule has 0 bridgehead atoms. The van der Waals surface area contributed by atoms with Crippen LogP contribution in [0.4, 0.5) is 5.82 Å². The topological polar surface area (TPSA) is 75.1 Å². The van der Waals surface area contributed by atoms with Crippen LogP contribution < -0.4 is 5.32 Å². The molecule has 2 N–H and O–H groups in total. The van der Waals surface area contributed by atoms with Gasteiger partial charge in [-0.3, -0.25) is 0 Å². The Hall–Kier alpha value is -2.43. The van der Waals surface area contributed by atoms with E-state index in [0.29, 0.717) is 17.8 Å². The van der Waals surface area contributed by atoms with E-state index in [1.165, 1.54) is 23.5 Å². The van der Waals surface area contributed by atoms with Crippen molar-refractivity contribution in [2.75, 3.05) is 5.32 Å². The van der Waals surface area contributed by atoms with E-state index in [0.717, 1.165) is 12.8 Å². The van der Waals surface area contributed by atoms with E-state index in [1.54, 1.807) is 0 Å². The zero-order valence-electron chi connectivity index (χ0n) is 11.8. The van der Waals surface area contributed by atoms with Crippen LogP contribution in [0.2, 0.25) is 0 Å². The van der Waals surface area contributed by atoms with Crippen molar-refractivity contribution in [2.24, 2.45) is 0 Å². The minimum Gasteiger partial charge on any atom is -0.476 e. The fraction of sp³-hybridized carbons (Fsp3) is 0.312. The fourth-order valence-corrected chi connectivity index (χ4v) is 2.76. The molecule has 0 unspecified atom stereocenters. The van der Waals surface area contributed by atoms with Crippen LogP contribution in [0.5, 0.6) is 0 Å². The van der Waals surface area contributed by atoms with Gasteiger partial charge in [0.1, 0.15) is 5.82 Å². The Kier molecular flexibility index (Phi) is 3.56. The summed E-state index contributed by atoms with van der Waals surface area (Å²) in [6.45, 7) is 2.15. The molecule has 0 radical (unpaired) electrons. The van der Waals surface area contributed by atoms with Gasteiger partial charge in [-0.05, 0) is 36.8 Å². The Bertz CT molecular complexity index is 649. The van der Waals surface area contributed by atoms with E-state index < -0.39 is 5.97 Å². The smallest absolute Gasteiger partial charge is 0.356 e. The molecular formula is C16H17N3O2. The van der Waals surface area contributed by atoms with Crippen molar-refractivity contribution in [3.05, 3.63) is 53.5 Å². The van der Waals surface area contributed by atoms with Gasteiger partial charge in [-0.2, -0.15) is 0 Å². The monoisotopic (exact) mass is 283 g/mol. The van der Waals surface area contributed by atoms with Crippen molar-refractivity contribution < 1.29 is 9.90 Å². The second kappa shape index (κ2) is 5.52. The van der Waals surface area contributed by atoms with Crippen molar-refractivity contribution in [3.63, 3.8) is 0 Å². The summed E-state index contributed by atoms with van der Waals surface area (Å²) in [6, 6.07) is 8.86. The molecular weight excluding hydrogens is 266 g/mol. The number of hydrogen-bond acceptors (Lipinski definition) is 4. The van der Waals surface area contributed by atoms with Crippen LogP contribution in [0.1, 0.15) is 40.4 Å². The Labute approximate surface area is 123 Å². The van der Waals surface area contributed by atoms with E-state index in [4.69, 9.17) is 5.11 Å². The highest BCUT2D eigenvalue weighted by Gasteiger charge is 2.31. The van der Waals surface area contributed by atoms with Gasteiger partial charge < -0.3 is 10.4 Å². The number of carboxylic acid groups (broad SMARTS) is 1. The number of carbonyl (C=O) groups is 1. The molecule has 3 rings (SSSR count). The van der Waals surface area contributed by atoms with Gasteiger partial charge in [0.15, 0.2) is 5.69 Å². The highest BCUT2D eigenvalue weighted by atomic mass is 16.4. The van der Waals surface area contributed by atoms with Crippen molar-refractivity contribution >= 4 is 11.8 Å². The van der Waals surface area contributed by atoms with Crippen LogP contribution in [-0.2, 0) is 0 Å². The lowest BCUT2D eigenvalue weighted by molar-refractivity contribution is 0.0690. The minimum absolute atomic E-state index is 0.0352. The Morgan fingerprint density at radius 2 is 2.00 bits per heavy atom. The van der Waals surface area contributed by atoms with Crippen LogP contribution in [0.15, 0.2) is 36.7 Å². The third-order valence-corrected chi connectivity index (χ3v) is 3.99. The van der Waals surface area contributed by atoms with Crippen molar-refractivity contribution in [1.82, 2.24) is 9.97 Å². The summed E-state index contributed by atoms with van der Waals surface area (Å²) in [4.78, 5) is 18.6. The number of aromatic nitrogens is 2. The summed E-state index contributed by atoms with van der Waals surface area (Å²) < 4.78 is 0. The van der Waals surface area contributed by atoms with E-state index in [9.17, 15) is 4.79 Å². The average Bonchev–Trinajstić information content (AvgIpc) is 2.44. The van der Waals surface area contributed by atoms with Gasteiger partial charge in [-0.25, -0.2) is 14.8 Å². The first-order valence-corrected chi connectivity index (χ1v) is 7.01. The van der Waals surface area contributed by atoms with Crippen molar-refractivity contribution in [2.45, 2.75) is 31.7 Å². The highest BCUT2D eigenvalue weighted by molar-refractivity contribution is 5.84. The fourth-order valence-electron chi connectivity index (χ4n) is 2.76. The van der Waals surface area contributed by atoms with Gasteiger partial charge in [0, 0.05) is 6.04 Å². The molecule has 0 spiro atoms. The second-order valence-electron chi connectivity index (χ2n) is 5.46. The number of hydrogen-bond donors (Lipinski definition) is 2. The van der Waals surface area contributed by atoms with Gasteiger partial charge >= 0.3 is 5.97 Å². The molecule has 0 atom stereocenters. The molecule has 1 aromatic carbocycles. The van der Waals surface area contributed by atoms with Crippen LogP contribution in [0.25, 0.3) is 0 Å². The maximum atomic E-state index is 10.7. The molecule has 1 aliphatic carbocycles. The first kappa shape index (κ1) is 13.5. The van der Waals surface area contributed by atoms with Gasteiger partial charge in [-0.1, -0.05) is 24.3 Å². The summed E-state index contributed by atoms with van der Waals surface area (Å²) in [7, 11) is 0. The number of benzene rings is 1. The van der Waals surface area contributed by atoms with Crippen molar-refractivity contribution in [1.29, 1.82) is 0 Å². The van der Waals surface area contributed by atoms with E-state index in [-0.39, 0.29) is 5.69 Å². The standard InChI is InChI=1S/C16H17N3O2/c1-10-4-2-3-5-13(10)11-6-12(7-11)19-15-9-17-14(8-18-15)16(20)21/h2-5,8-9,11-12H,6-7H2,1H3,(H,18,19)(H,20,21). The summed E-state index contributed by atoms with van der Waals surface area (Å²) in [6.07, 6.45) is 4.88. The lowest BCUT2D eigenvalue weighted by Crippen LogP contribution is -2.34. The second-order valence-corrected chi connectivity index (χ2v) is 5.46. The Morgan fingerprint density at radius 1 is 1.24 bits per heavy atom. The molecule has 5 nitrogen and oxygen atoms in total. The third-order valence-electron chi connectivity index (χ3n) is 3.99. The Balaban J connectivity index is 1.57. The predicted molar refractivity (Wildman–Crippen MR) is 79.6 cm³/mol. The number of nitrogens with one attached hydrogen (secondary N) is 1. The van der Waals surface area contributed by atoms with Crippen LogP contribution in [0.3, 0.4) is 0 Å². The van der Waals surface area contributed by atoms with Gasteiger partial charge in [0.25, 0.3) is 0 Å². The molecule has 1 heterocycles. The summed E-state index contributed by atoms with van der Waals surface area (Å²) in [5.41, 5.74) is 2.72. The maximum absolute atomic E-state index is 10.7. The highest BCUT2D eigenvalue weighted by Crippen LogP contribution is 2.39. The van der Waals surface area contributed by atoms with Crippen LogP contribution >= 0.6 is 0 Å². The lowest BCUT2D eigenvalue weighted by atomic mass is 9.74. The van der Waals surface area contributed by atoms with Crippen molar-refractivity contribution in [3.8, 4) is 0 Å². The molecule has 1 saturated carbocycles. The summed E-state index contributed by atoms with van der Waals surface area (Å²) in [5, 5.41) is 12.1. The number of aromatic carboxylic acids is 1. The van der Waals surface area contributed by atoms with E-state index in [1.807, 2.05) is 0 Å². The number of aryl methyl sites for hydroxylation is 1. The third kappa shape index (κ3) is 2.86. The molecule has 2 aromatic rings. The molecule has 0 saturated heterocycles. The zero-order chi connectivity index (χ0) is 14.8.